The van der Waals surface area contributed by atoms with Crippen molar-refractivity contribution < 1.29 is 0 Å². The molecule has 2 N–H and O–H groups in total. The monoisotopic (exact) mass is 270 g/mol. The summed E-state index contributed by atoms with van der Waals surface area (Å²) in [6.07, 6.45) is 9.28. The van der Waals surface area contributed by atoms with Gasteiger partial charge in [-0.1, -0.05) is 37.5 Å². The normalized spacial score (nSPS) is 16.4. The van der Waals surface area contributed by atoms with E-state index in [1.54, 1.807) is 0 Å². The van der Waals surface area contributed by atoms with Crippen molar-refractivity contribution in [2.75, 3.05) is 6.54 Å². The molecule has 0 amide bonds. The van der Waals surface area contributed by atoms with E-state index in [9.17, 15) is 0 Å². The van der Waals surface area contributed by atoms with Gasteiger partial charge >= 0.3 is 0 Å². The van der Waals surface area contributed by atoms with Crippen molar-refractivity contribution in [2.45, 2.75) is 44.6 Å². The summed E-state index contributed by atoms with van der Waals surface area (Å²) in [5.41, 5.74) is 8.06. The maximum Gasteiger partial charge on any atom is 0.164 e. The molecule has 0 atom stereocenters. The van der Waals surface area contributed by atoms with Crippen LogP contribution in [-0.4, -0.2) is 21.3 Å². The minimum atomic E-state index is 0.562. The minimum absolute atomic E-state index is 0.562. The highest BCUT2D eigenvalue weighted by Crippen LogP contribution is 2.31. The molecule has 3 rings (SSSR count). The van der Waals surface area contributed by atoms with E-state index in [4.69, 9.17) is 5.73 Å². The molecule has 4 heteroatoms. The Kier molecular flexibility index (Phi) is 4.11. The Bertz CT molecular complexity index is 555. The molecule has 1 aliphatic rings. The third-order valence-electron chi connectivity index (χ3n) is 4.16. The van der Waals surface area contributed by atoms with Crippen LogP contribution >= 0.6 is 0 Å². The van der Waals surface area contributed by atoms with Crippen LogP contribution in [0.25, 0.3) is 11.4 Å². The summed E-state index contributed by atoms with van der Waals surface area (Å²) in [5, 5.41) is 8.48. The Labute approximate surface area is 120 Å². The van der Waals surface area contributed by atoms with E-state index >= 15 is 0 Å². The topological polar surface area (TPSA) is 56.7 Å². The first-order valence-corrected chi connectivity index (χ1v) is 7.57. The molecular weight excluding hydrogens is 248 g/mol. The predicted molar refractivity (Wildman–Crippen MR) is 80.3 cm³/mol. The average Bonchev–Trinajstić information content (AvgIpc) is 2.98. The smallest absolute Gasteiger partial charge is 0.164 e. The lowest BCUT2D eigenvalue weighted by molar-refractivity contribution is 0.355. The van der Waals surface area contributed by atoms with Crippen molar-refractivity contribution in [3.63, 3.8) is 0 Å². The molecule has 0 aliphatic heterocycles. The van der Waals surface area contributed by atoms with E-state index in [-0.39, 0.29) is 0 Å². The fourth-order valence-corrected chi connectivity index (χ4v) is 3.11. The third kappa shape index (κ3) is 2.75. The lowest BCUT2D eigenvalue weighted by atomic mass is 9.95. The number of hydrogen-bond donors (Lipinski definition) is 1. The number of nitrogens with zero attached hydrogens (tertiary/aromatic N) is 3. The first kappa shape index (κ1) is 13.3. The summed E-state index contributed by atoms with van der Waals surface area (Å²) < 4.78 is 2.26. The molecule has 1 saturated carbocycles. The zero-order valence-corrected chi connectivity index (χ0v) is 11.8. The van der Waals surface area contributed by atoms with Gasteiger partial charge in [-0.2, -0.15) is 0 Å². The van der Waals surface area contributed by atoms with Crippen LogP contribution in [0.3, 0.4) is 0 Å². The second-order valence-corrected chi connectivity index (χ2v) is 5.59. The summed E-state index contributed by atoms with van der Waals surface area (Å²) in [4.78, 5) is 0. The average molecular weight is 270 g/mol. The van der Waals surface area contributed by atoms with Crippen molar-refractivity contribution in [3.8, 4) is 11.4 Å². The van der Waals surface area contributed by atoms with Gasteiger partial charge in [-0.25, -0.2) is 0 Å². The van der Waals surface area contributed by atoms with Gasteiger partial charge in [0.25, 0.3) is 0 Å². The second-order valence-electron chi connectivity index (χ2n) is 5.59. The highest BCUT2D eigenvalue weighted by atomic mass is 15.3. The van der Waals surface area contributed by atoms with Crippen molar-refractivity contribution in [2.24, 2.45) is 5.73 Å². The van der Waals surface area contributed by atoms with Crippen LogP contribution in [0.1, 0.15) is 43.7 Å². The zero-order chi connectivity index (χ0) is 13.8. The standard InChI is InChI=1S/C16H22N4/c17-10-9-13-5-4-6-14(11-13)16-19-18-12-20(16)15-7-2-1-3-8-15/h4-6,11-12,15H,1-3,7-10,17H2. The molecule has 0 unspecified atom stereocenters. The maximum absolute atomic E-state index is 5.64. The van der Waals surface area contributed by atoms with Gasteiger partial charge in [0.1, 0.15) is 6.33 Å². The van der Waals surface area contributed by atoms with Gasteiger partial charge in [-0.3, -0.25) is 0 Å². The van der Waals surface area contributed by atoms with Gasteiger partial charge in [0.15, 0.2) is 5.82 Å². The lowest BCUT2D eigenvalue weighted by Gasteiger charge is -2.24. The van der Waals surface area contributed by atoms with E-state index < -0.39 is 0 Å². The molecule has 106 valence electrons. The van der Waals surface area contributed by atoms with Gasteiger partial charge in [-0.05, 0) is 37.4 Å². The summed E-state index contributed by atoms with van der Waals surface area (Å²) in [5.74, 6) is 0.996. The summed E-state index contributed by atoms with van der Waals surface area (Å²) in [7, 11) is 0. The molecule has 20 heavy (non-hydrogen) atoms. The molecule has 1 heterocycles. The van der Waals surface area contributed by atoms with Crippen molar-refractivity contribution in [1.29, 1.82) is 0 Å². The predicted octanol–water partition coefficient (Wildman–Crippen LogP) is 2.95. The molecule has 1 fully saturated rings. The highest BCUT2D eigenvalue weighted by Gasteiger charge is 2.19. The Morgan fingerprint density at radius 1 is 1.20 bits per heavy atom. The van der Waals surface area contributed by atoms with Crippen molar-refractivity contribution in [3.05, 3.63) is 36.2 Å². The third-order valence-corrected chi connectivity index (χ3v) is 4.16. The molecule has 1 aromatic heterocycles. The number of nitrogens with two attached hydrogens (primary N) is 1. The van der Waals surface area contributed by atoms with E-state index in [0.29, 0.717) is 12.6 Å². The van der Waals surface area contributed by atoms with Crippen LogP contribution in [0.15, 0.2) is 30.6 Å². The van der Waals surface area contributed by atoms with Crippen molar-refractivity contribution >= 4 is 0 Å². The number of hydrogen-bond acceptors (Lipinski definition) is 3. The van der Waals surface area contributed by atoms with E-state index in [1.165, 1.54) is 37.7 Å². The zero-order valence-electron chi connectivity index (χ0n) is 11.8. The first-order valence-electron chi connectivity index (χ1n) is 7.57. The first-order chi connectivity index (χ1) is 9.88. The van der Waals surface area contributed by atoms with Crippen LogP contribution in [0.5, 0.6) is 0 Å². The number of rotatable bonds is 4. The fraction of sp³-hybridized carbons (Fsp3) is 0.500. The molecule has 0 radical (unpaired) electrons. The lowest BCUT2D eigenvalue weighted by Crippen LogP contribution is -2.13. The Hall–Kier alpha value is -1.68. The quantitative estimate of drug-likeness (QED) is 0.929. The fourth-order valence-electron chi connectivity index (χ4n) is 3.11. The van der Waals surface area contributed by atoms with Gasteiger partial charge < -0.3 is 10.3 Å². The molecule has 1 aromatic carbocycles. The number of aromatic nitrogens is 3. The molecule has 2 aromatic rings. The SMILES string of the molecule is NCCc1cccc(-c2nncn2C2CCCCC2)c1. The van der Waals surface area contributed by atoms with E-state index in [0.717, 1.165) is 17.8 Å². The van der Waals surface area contributed by atoms with Crippen molar-refractivity contribution in [1.82, 2.24) is 14.8 Å². The van der Waals surface area contributed by atoms with Crippen LogP contribution in [0.4, 0.5) is 0 Å². The minimum Gasteiger partial charge on any atom is -0.330 e. The molecule has 4 nitrogen and oxygen atoms in total. The second kappa shape index (κ2) is 6.18. The van der Waals surface area contributed by atoms with Gasteiger partial charge in [-0.15, -0.1) is 10.2 Å². The summed E-state index contributed by atoms with van der Waals surface area (Å²) in [6.45, 7) is 0.679. The van der Waals surface area contributed by atoms with Crippen LogP contribution < -0.4 is 5.73 Å². The maximum atomic E-state index is 5.64. The van der Waals surface area contributed by atoms with Gasteiger partial charge in [0, 0.05) is 11.6 Å². The Morgan fingerprint density at radius 3 is 2.85 bits per heavy atom. The summed E-state index contributed by atoms with van der Waals surface area (Å²) >= 11 is 0. The van der Waals surface area contributed by atoms with E-state index in [2.05, 4.69) is 39.0 Å². The largest absolute Gasteiger partial charge is 0.330 e. The van der Waals surface area contributed by atoms with Crippen LogP contribution in [0.2, 0.25) is 0 Å². The number of benzene rings is 1. The molecule has 0 bridgehead atoms. The molecule has 1 aliphatic carbocycles. The van der Waals surface area contributed by atoms with Gasteiger partial charge in [0.05, 0.1) is 0 Å². The molecule has 0 spiro atoms. The van der Waals surface area contributed by atoms with Crippen LogP contribution in [0, 0.1) is 0 Å². The van der Waals surface area contributed by atoms with Gasteiger partial charge in [0.2, 0.25) is 0 Å². The van der Waals surface area contributed by atoms with Crippen LogP contribution in [-0.2, 0) is 6.42 Å². The Morgan fingerprint density at radius 2 is 2.05 bits per heavy atom. The molecular formula is C16H22N4. The van der Waals surface area contributed by atoms with E-state index in [1.807, 2.05) is 6.33 Å². The highest BCUT2D eigenvalue weighted by molar-refractivity contribution is 5.56. The Balaban J connectivity index is 1.90. The summed E-state index contributed by atoms with van der Waals surface area (Å²) in [6, 6.07) is 9.07. The molecule has 0 saturated heterocycles.